The van der Waals surface area contributed by atoms with Crippen LogP contribution in [0.5, 0.6) is 0 Å². The zero-order valence-electron chi connectivity index (χ0n) is 14.0. The number of hydrogen-bond acceptors (Lipinski definition) is 5. The molecule has 1 aliphatic rings. The van der Waals surface area contributed by atoms with Crippen molar-refractivity contribution in [2.75, 3.05) is 26.0 Å². The van der Waals surface area contributed by atoms with E-state index in [-0.39, 0.29) is 23.8 Å². The highest BCUT2D eigenvalue weighted by molar-refractivity contribution is 7.86. The van der Waals surface area contributed by atoms with Crippen LogP contribution in [-0.4, -0.2) is 48.6 Å². The lowest BCUT2D eigenvalue weighted by Gasteiger charge is -2.27. The topological polar surface area (TPSA) is 82.6 Å². The van der Waals surface area contributed by atoms with E-state index in [1.54, 1.807) is 0 Å². The molecule has 3 rings (SSSR count). The van der Waals surface area contributed by atoms with Crippen molar-refractivity contribution in [2.45, 2.75) is 13.0 Å². The number of carbonyl (C=O) groups excluding carboxylic acids is 1. The summed E-state index contributed by atoms with van der Waals surface area (Å²) in [6.45, 7) is 0.450. The second kappa shape index (κ2) is 6.99. The van der Waals surface area contributed by atoms with Gasteiger partial charge in [0.15, 0.2) is 5.13 Å². The van der Waals surface area contributed by atoms with Crippen LogP contribution < -0.4 is 5.32 Å². The molecule has 0 aliphatic carbocycles. The first-order chi connectivity index (χ1) is 12.2. The van der Waals surface area contributed by atoms with E-state index in [1.165, 1.54) is 18.4 Å². The number of carbonyl (C=O) groups is 1. The first-order valence-corrected chi connectivity index (χ1v) is 9.82. The van der Waals surface area contributed by atoms with Gasteiger partial charge in [0.05, 0.1) is 17.8 Å². The maximum Gasteiger partial charge on any atom is 0.281 e. The Morgan fingerprint density at radius 3 is 2.73 bits per heavy atom. The normalized spacial score (nSPS) is 15.1. The van der Waals surface area contributed by atoms with E-state index in [4.69, 9.17) is 0 Å². The Bertz CT molecular complexity index is 960. The number of benzene rings is 1. The van der Waals surface area contributed by atoms with Crippen molar-refractivity contribution in [3.63, 3.8) is 0 Å². The van der Waals surface area contributed by atoms with Crippen molar-refractivity contribution >= 4 is 32.6 Å². The van der Waals surface area contributed by atoms with E-state index < -0.39 is 27.8 Å². The van der Waals surface area contributed by atoms with Crippen LogP contribution in [0.15, 0.2) is 18.2 Å². The van der Waals surface area contributed by atoms with E-state index in [2.05, 4.69) is 10.3 Å². The lowest BCUT2D eigenvalue weighted by atomic mass is 10.2. The fourth-order valence-electron chi connectivity index (χ4n) is 2.49. The summed E-state index contributed by atoms with van der Waals surface area (Å²) in [7, 11) is -0.619. The number of aromatic nitrogens is 1. The second-order valence-corrected chi connectivity index (χ2v) is 9.07. The van der Waals surface area contributed by atoms with E-state index >= 15 is 0 Å². The summed E-state index contributed by atoms with van der Waals surface area (Å²) in [4.78, 5) is 17.2. The summed E-state index contributed by atoms with van der Waals surface area (Å²) in [5.41, 5.74) is 0.409. The predicted molar refractivity (Wildman–Crippen MR) is 93.1 cm³/mol. The number of hydrogen-bond donors (Lipinski definition) is 1. The molecule has 0 atom stereocenters. The fourth-order valence-corrected chi connectivity index (χ4v) is 4.67. The molecule has 11 heteroatoms. The number of nitrogens with zero attached hydrogens (tertiary/aromatic N) is 3. The predicted octanol–water partition coefficient (Wildman–Crippen LogP) is 1.84. The average molecular weight is 402 g/mol. The monoisotopic (exact) mass is 402 g/mol. The molecule has 0 saturated carbocycles. The maximum atomic E-state index is 13.7. The molecule has 26 heavy (non-hydrogen) atoms. The number of rotatable bonds is 4. The molecule has 0 fully saturated rings. The Kier molecular flexibility index (Phi) is 5.06. The van der Waals surface area contributed by atoms with Crippen molar-refractivity contribution in [3.8, 4) is 0 Å². The van der Waals surface area contributed by atoms with E-state index in [0.717, 1.165) is 32.7 Å². The number of nitrogens with one attached hydrogen (secondary N) is 1. The largest absolute Gasteiger partial charge is 0.298 e. The Balaban J connectivity index is 1.77. The van der Waals surface area contributed by atoms with Crippen molar-refractivity contribution in [1.82, 2.24) is 13.6 Å². The van der Waals surface area contributed by atoms with Crippen LogP contribution in [0.4, 0.5) is 13.9 Å². The van der Waals surface area contributed by atoms with Crippen LogP contribution in [0.2, 0.25) is 0 Å². The SMILES string of the molecule is CN(C)S(=O)(=O)N1CCc2nc(NC(=O)c3ccc(F)cc3F)sc2C1. The Hall–Kier alpha value is -1.95. The summed E-state index contributed by atoms with van der Waals surface area (Å²) in [5.74, 6) is -2.48. The highest BCUT2D eigenvalue weighted by atomic mass is 32.2. The summed E-state index contributed by atoms with van der Waals surface area (Å²) in [6.07, 6.45) is 0.416. The molecular formula is C15H16F2N4O3S2. The zero-order valence-corrected chi connectivity index (χ0v) is 15.6. The zero-order chi connectivity index (χ0) is 19.1. The molecule has 0 radical (unpaired) electrons. The summed E-state index contributed by atoms with van der Waals surface area (Å²) >= 11 is 1.13. The van der Waals surface area contributed by atoms with Gasteiger partial charge in [0.2, 0.25) is 0 Å². The fraction of sp³-hybridized carbons (Fsp3) is 0.333. The lowest BCUT2D eigenvalue weighted by Crippen LogP contribution is -2.42. The van der Waals surface area contributed by atoms with Gasteiger partial charge < -0.3 is 0 Å². The minimum atomic E-state index is -3.54. The molecule has 1 aromatic carbocycles. The molecule has 7 nitrogen and oxygen atoms in total. The molecule has 1 aromatic heterocycles. The van der Waals surface area contributed by atoms with Crippen molar-refractivity contribution in [3.05, 3.63) is 46.0 Å². The van der Waals surface area contributed by atoms with Gasteiger partial charge >= 0.3 is 0 Å². The number of halogens is 2. The summed E-state index contributed by atoms with van der Waals surface area (Å²) in [5, 5.41) is 2.72. The molecule has 0 spiro atoms. The Labute approximate surface area is 153 Å². The first kappa shape index (κ1) is 18.8. The molecule has 1 N–H and O–H groups in total. The minimum absolute atomic E-state index is 0.161. The number of fused-ring (bicyclic) bond motifs is 1. The molecular weight excluding hydrogens is 386 g/mol. The van der Waals surface area contributed by atoms with Gasteiger partial charge in [-0.15, -0.1) is 11.3 Å². The number of amides is 1. The third-order valence-corrected chi connectivity index (χ3v) is 6.77. The van der Waals surface area contributed by atoms with Gasteiger partial charge in [-0.3, -0.25) is 10.1 Å². The van der Waals surface area contributed by atoms with Crippen molar-refractivity contribution in [2.24, 2.45) is 0 Å². The van der Waals surface area contributed by atoms with Gasteiger partial charge in [-0.1, -0.05) is 0 Å². The van der Waals surface area contributed by atoms with Crippen LogP contribution >= 0.6 is 11.3 Å². The molecule has 0 bridgehead atoms. The molecule has 1 aliphatic heterocycles. The van der Waals surface area contributed by atoms with Crippen LogP contribution in [0.3, 0.4) is 0 Å². The molecule has 0 unspecified atom stereocenters. The van der Waals surface area contributed by atoms with Crippen LogP contribution in [0.25, 0.3) is 0 Å². The average Bonchev–Trinajstić information content (AvgIpc) is 2.95. The van der Waals surface area contributed by atoms with Gasteiger partial charge in [-0.05, 0) is 12.1 Å². The third kappa shape index (κ3) is 3.61. The molecule has 2 aromatic rings. The summed E-state index contributed by atoms with van der Waals surface area (Å²) in [6, 6.07) is 2.68. The summed E-state index contributed by atoms with van der Waals surface area (Å²) < 4.78 is 53.6. The number of thiazole rings is 1. The number of anilines is 1. The van der Waals surface area contributed by atoms with E-state index in [9.17, 15) is 22.0 Å². The van der Waals surface area contributed by atoms with Crippen LogP contribution in [-0.2, 0) is 23.2 Å². The molecule has 140 valence electrons. The van der Waals surface area contributed by atoms with Crippen LogP contribution in [0, 0.1) is 11.6 Å². The first-order valence-electron chi connectivity index (χ1n) is 7.61. The minimum Gasteiger partial charge on any atom is -0.298 e. The van der Waals surface area contributed by atoms with Gasteiger partial charge in [0.25, 0.3) is 16.1 Å². The van der Waals surface area contributed by atoms with Crippen molar-refractivity contribution < 1.29 is 22.0 Å². The Morgan fingerprint density at radius 2 is 2.08 bits per heavy atom. The molecule has 1 amide bonds. The van der Waals surface area contributed by atoms with Gasteiger partial charge in [-0.25, -0.2) is 13.8 Å². The highest BCUT2D eigenvalue weighted by Gasteiger charge is 2.30. The molecule has 2 heterocycles. The van der Waals surface area contributed by atoms with Gasteiger partial charge in [0, 0.05) is 38.0 Å². The lowest BCUT2D eigenvalue weighted by molar-refractivity contribution is 0.102. The Morgan fingerprint density at radius 1 is 1.35 bits per heavy atom. The standard InChI is InChI=1S/C15H16F2N4O3S2/c1-20(2)26(23,24)21-6-5-12-13(8-21)25-15(18-12)19-14(22)10-4-3-9(16)7-11(10)17/h3-4,7H,5-6,8H2,1-2H3,(H,18,19,22). The van der Waals surface area contributed by atoms with Gasteiger partial charge in [0.1, 0.15) is 11.6 Å². The quantitative estimate of drug-likeness (QED) is 0.846. The second-order valence-electron chi connectivity index (χ2n) is 5.84. The van der Waals surface area contributed by atoms with Crippen molar-refractivity contribution in [1.29, 1.82) is 0 Å². The van der Waals surface area contributed by atoms with Gasteiger partial charge in [-0.2, -0.15) is 17.0 Å². The molecule has 0 saturated heterocycles. The third-order valence-electron chi connectivity index (χ3n) is 3.88. The highest BCUT2D eigenvalue weighted by Crippen LogP contribution is 2.30. The van der Waals surface area contributed by atoms with Crippen LogP contribution in [0.1, 0.15) is 20.9 Å². The van der Waals surface area contributed by atoms with E-state index in [1.807, 2.05) is 0 Å². The maximum absolute atomic E-state index is 13.7. The van der Waals surface area contributed by atoms with E-state index in [0.29, 0.717) is 18.2 Å². The smallest absolute Gasteiger partial charge is 0.281 e.